The van der Waals surface area contributed by atoms with E-state index in [2.05, 4.69) is 15.1 Å². The third-order valence-electron chi connectivity index (χ3n) is 4.55. The fourth-order valence-corrected chi connectivity index (χ4v) is 2.98. The molecule has 32 heavy (non-hydrogen) atoms. The maximum absolute atomic E-state index is 10.8. The van der Waals surface area contributed by atoms with Gasteiger partial charge in [0.2, 0.25) is 5.88 Å². The van der Waals surface area contributed by atoms with Crippen LogP contribution in [0.4, 0.5) is 11.6 Å². The van der Waals surface area contributed by atoms with Crippen molar-refractivity contribution in [3.05, 3.63) is 71.7 Å². The van der Waals surface area contributed by atoms with Gasteiger partial charge in [0.05, 0.1) is 13.2 Å². The number of pyridine rings is 2. The van der Waals surface area contributed by atoms with Crippen LogP contribution in [0.1, 0.15) is 28.4 Å². The van der Waals surface area contributed by atoms with Crippen LogP contribution in [0.15, 0.2) is 55.0 Å². The molecule has 0 atom stereocenters. The molecule has 166 valence electrons. The van der Waals surface area contributed by atoms with E-state index in [4.69, 9.17) is 27.0 Å². The summed E-state index contributed by atoms with van der Waals surface area (Å²) in [7, 11) is 0. The second kappa shape index (κ2) is 10.2. The number of nitrogens with zero attached hydrogens (tertiary/aromatic N) is 4. The molecule has 1 aromatic carbocycles. The van der Waals surface area contributed by atoms with Gasteiger partial charge in [-0.3, -0.25) is 4.68 Å². The van der Waals surface area contributed by atoms with Gasteiger partial charge in [0.1, 0.15) is 11.4 Å². The summed E-state index contributed by atoms with van der Waals surface area (Å²) in [6.07, 6.45) is 4.76. The van der Waals surface area contributed by atoms with E-state index in [1.165, 1.54) is 10.9 Å². The van der Waals surface area contributed by atoms with E-state index < -0.39 is 5.97 Å². The molecule has 0 radical (unpaired) electrons. The molecule has 3 heterocycles. The number of rotatable bonds is 6. The summed E-state index contributed by atoms with van der Waals surface area (Å²) in [5.74, 6) is 0.0403. The molecule has 0 spiro atoms. The predicted molar refractivity (Wildman–Crippen MR) is 122 cm³/mol. The monoisotopic (exact) mass is 435 g/mol. The number of carboxylic acids is 1. The van der Waals surface area contributed by atoms with Gasteiger partial charge in [0.25, 0.3) is 0 Å². The number of nitrogens with two attached hydrogens (primary N) is 3. The lowest BCUT2D eigenvalue weighted by Crippen LogP contribution is -2.02. The minimum Gasteiger partial charge on any atom is -0.478 e. The summed E-state index contributed by atoms with van der Waals surface area (Å²) >= 11 is 0. The van der Waals surface area contributed by atoms with Gasteiger partial charge in [-0.05, 0) is 35.6 Å². The van der Waals surface area contributed by atoms with Crippen molar-refractivity contribution in [2.45, 2.75) is 20.0 Å². The van der Waals surface area contributed by atoms with Crippen molar-refractivity contribution >= 4 is 28.4 Å². The molecule has 0 aliphatic carbocycles. The minimum absolute atomic E-state index is 0.00102. The molecule has 0 aliphatic rings. The van der Waals surface area contributed by atoms with Crippen LogP contribution in [-0.4, -0.2) is 37.4 Å². The molecule has 3 aromatic heterocycles. The van der Waals surface area contributed by atoms with E-state index in [9.17, 15) is 4.79 Å². The Morgan fingerprint density at radius 2 is 1.88 bits per heavy atom. The fraction of sp³-hybridized carbons (Fsp3) is 0.182. The topological polar surface area (TPSA) is 168 Å². The van der Waals surface area contributed by atoms with Gasteiger partial charge in [-0.25, -0.2) is 14.8 Å². The molecule has 0 saturated carbocycles. The first-order valence-electron chi connectivity index (χ1n) is 9.88. The average molecular weight is 435 g/mol. The SMILES string of the molecule is CCOc1ccc(Cn2cc(C(=O)O)c(N)n2)cn1.NCc1ccc2c(N)nccc2c1. The molecule has 0 aliphatic heterocycles. The zero-order chi connectivity index (χ0) is 23.1. The average Bonchev–Trinajstić information content (AvgIpc) is 3.16. The van der Waals surface area contributed by atoms with Crippen LogP contribution in [0.25, 0.3) is 10.8 Å². The molecule has 0 fully saturated rings. The molecule has 0 amide bonds. The number of nitrogen functional groups attached to an aromatic ring is 2. The first kappa shape index (κ1) is 22.5. The van der Waals surface area contributed by atoms with Crippen LogP contribution >= 0.6 is 0 Å². The number of aromatic nitrogens is 4. The Morgan fingerprint density at radius 1 is 1.09 bits per heavy atom. The Bertz CT molecular complexity index is 1210. The number of carboxylic acid groups (broad SMARTS) is 1. The molecule has 4 rings (SSSR count). The van der Waals surface area contributed by atoms with E-state index in [1.807, 2.05) is 37.3 Å². The smallest absolute Gasteiger partial charge is 0.341 e. The van der Waals surface area contributed by atoms with Crippen molar-refractivity contribution in [2.24, 2.45) is 5.73 Å². The van der Waals surface area contributed by atoms with Gasteiger partial charge in [0.15, 0.2) is 5.82 Å². The standard InChI is InChI=1S/C12H14N4O3.C10H11N3/c1-2-19-10-4-3-8(5-14-10)6-16-7-9(12(17)18)11(13)15-16;11-6-7-1-2-9-8(5-7)3-4-13-10(9)12/h3-5,7H,2,6H2,1H3,(H2,13,15)(H,17,18);1-5H,6,11H2,(H2,12,13). The molecule has 10 heteroatoms. The quantitative estimate of drug-likeness (QED) is 0.355. The van der Waals surface area contributed by atoms with Crippen LogP contribution in [0, 0.1) is 0 Å². The predicted octanol–water partition coefficient (Wildman–Crippen LogP) is 2.28. The largest absolute Gasteiger partial charge is 0.478 e. The van der Waals surface area contributed by atoms with E-state index in [-0.39, 0.29) is 11.4 Å². The van der Waals surface area contributed by atoms with Crippen molar-refractivity contribution in [2.75, 3.05) is 18.1 Å². The van der Waals surface area contributed by atoms with Gasteiger partial charge in [-0.15, -0.1) is 0 Å². The molecule has 10 nitrogen and oxygen atoms in total. The highest BCUT2D eigenvalue weighted by atomic mass is 16.5. The van der Waals surface area contributed by atoms with Crippen molar-refractivity contribution in [3.63, 3.8) is 0 Å². The maximum atomic E-state index is 10.8. The number of ether oxygens (including phenoxy) is 1. The highest BCUT2D eigenvalue weighted by molar-refractivity contribution is 5.92. The summed E-state index contributed by atoms with van der Waals surface area (Å²) in [6, 6.07) is 11.5. The Balaban J connectivity index is 0.000000193. The zero-order valence-corrected chi connectivity index (χ0v) is 17.6. The molecule has 0 saturated heterocycles. The summed E-state index contributed by atoms with van der Waals surface area (Å²) in [4.78, 5) is 19.0. The summed E-state index contributed by atoms with van der Waals surface area (Å²) in [5.41, 5.74) is 18.7. The van der Waals surface area contributed by atoms with Crippen molar-refractivity contribution in [1.29, 1.82) is 0 Å². The lowest BCUT2D eigenvalue weighted by molar-refractivity contribution is 0.0698. The molecular weight excluding hydrogens is 410 g/mol. The lowest BCUT2D eigenvalue weighted by atomic mass is 10.1. The van der Waals surface area contributed by atoms with Crippen LogP contribution in [0.5, 0.6) is 5.88 Å². The first-order valence-corrected chi connectivity index (χ1v) is 9.88. The molecule has 7 N–H and O–H groups in total. The second-order valence-electron chi connectivity index (χ2n) is 6.82. The first-order chi connectivity index (χ1) is 15.4. The number of anilines is 2. The summed E-state index contributed by atoms with van der Waals surface area (Å²) < 4.78 is 6.70. The van der Waals surface area contributed by atoms with Crippen molar-refractivity contribution in [1.82, 2.24) is 19.7 Å². The normalized spacial score (nSPS) is 10.4. The summed E-state index contributed by atoms with van der Waals surface area (Å²) in [5, 5.41) is 14.9. The maximum Gasteiger partial charge on any atom is 0.341 e. The third-order valence-corrected chi connectivity index (χ3v) is 4.55. The Hall–Kier alpha value is -4.18. The molecule has 0 unspecified atom stereocenters. The molecule has 0 bridgehead atoms. The third kappa shape index (κ3) is 5.49. The van der Waals surface area contributed by atoms with Crippen molar-refractivity contribution < 1.29 is 14.6 Å². The van der Waals surface area contributed by atoms with Crippen molar-refractivity contribution in [3.8, 4) is 5.88 Å². The van der Waals surface area contributed by atoms with Crippen LogP contribution in [-0.2, 0) is 13.1 Å². The highest BCUT2D eigenvalue weighted by Crippen LogP contribution is 2.19. The minimum atomic E-state index is -1.09. The van der Waals surface area contributed by atoms with E-state index in [1.54, 1.807) is 18.5 Å². The van der Waals surface area contributed by atoms with Gasteiger partial charge in [0, 0.05) is 36.6 Å². The summed E-state index contributed by atoms with van der Waals surface area (Å²) in [6.45, 7) is 3.40. The number of benzene rings is 1. The number of hydrogen-bond acceptors (Lipinski definition) is 8. The molecule has 4 aromatic rings. The Morgan fingerprint density at radius 3 is 2.50 bits per heavy atom. The van der Waals surface area contributed by atoms with Gasteiger partial charge >= 0.3 is 5.97 Å². The van der Waals surface area contributed by atoms with Gasteiger partial charge in [-0.1, -0.05) is 18.2 Å². The second-order valence-corrected chi connectivity index (χ2v) is 6.82. The fourth-order valence-electron chi connectivity index (χ4n) is 2.98. The lowest BCUT2D eigenvalue weighted by Gasteiger charge is -2.04. The van der Waals surface area contributed by atoms with E-state index >= 15 is 0 Å². The van der Waals surface area contributed by atoms with E-state index in [0.717, 1.165) is 21.9 Å². The highest BCUT2D eigenvalue weighted by Gasteiger charge is 2.12. The Kier molecular flexibility index (Phi) is 7.19. The van der Waals surface area contributed by atoms with Crippen LogP contribution in [0.3, 0.4) is 0 Å². The number of aromatic carboxylic acids is 1. The zero-order valence-electron chi connectivity index (χ0n) is 17.6. The van der Waals surface area contributed by atoms with Gasteiger partial charge < -0.3 is 27.0 Å². The van der Waals surface area contributed by atoms with Crippen LogP contribution in [0.2, 0.25) is 0 Å². The van der Waals surface area contributed by atoms with Crippen LogP contribution < -0.4 is 21.9 Å². The number of carbonyl (C=O) groups is 1. The Labute approximate surface area is 184 Å². The molecular formula is C22H25N7O3. The van der Waals surface area contributed by atoms with E-state index in [0.29, 0.717) is 31.4 Å². The number of hydrogen-bond donors (Lipinski definition) is 4. The van der Waals surface area contributed by atoms with Gasteiger partial charge in [-0.2, -0.15) is 5.10 Å². The number of fused-ring (bicyclic) bond motifs is 1.